The van der Waals surface area contributed by atoms with Crippen LogP contribution in [0.1, 0.15) is 36.5 Å². The van der Waals surface area contributed by atoms with Crippen LogP contribution in [0.25, 0.3) is 0 Å². The van der Waals surface area contributed by atoms with Crippen LogP contribution in [0.3, 0.4) is 0 Å². The molecule has 2 atom stereocenters. The number of pyridine rings is 1. The van der Waals surface area contributed by atoms with Crippen molar-refractivity contribution in [3.05, 3.63) is 22.8 Å². The van der Waals surface area contributed by atoms with E-state index in [1.165, 1.54) is 25.0 Å². The zero-order valence-electron chi connectivity index (χ0n) is 9.61. The summed E-state index contributed by atoms with van der Waals surface area (Å²) in [5.41, 5.74) is 0.165. The maximum absolute atomic E-state index is 10.9. The van der Waals surface area contributed by atoms with E-state index in [0.717, 1.165) is 6.42 Å². The third-order valence-corrected chi connectivity index (χ3v) is 3.43. The number of hydrogen-bond acceptors (Lipinski definition) is 3. The van der Waals surface area contributed by atoms with Crippen molar-refractivity contribution >= 4 is 23.4 Å². The number of halogens is 1. The highest BCUT2D eigenvalue weighted by Gasteiger charge is 2.23. The first kappa shape index (κ1) is 12.2. The monoisotopic (exact) mass is 254 g/mol. The van der Waals surface area contributed by atoms with Gasteiger partial charge >= 0.3 is 5.97 Å². The van der Waals surface area contributed by atoms with Gasteiger partial charge in [0.15, 0.2) is 0 Å². The van der Waals surface area contributed by atoms with Gasteiger partial charge in [0.25, 0.3) is 0 Å². The normalized spacial score (nSPS) is 23.6. The Hall–Kier alpha value is -1.29. The van der Waals surface area contributed by atoms with Gasteiger partial charge in [0, 0.05) is 6.04 Å². The van der Waals surface area contributed by atoms with Crippen LogP contribution in [-0.2, 0) is 0 Å². The molecule has 1 aliphatic rings. The first-order valence-corrected chi connectivity index (χ1v) is 6.11. The molecular weight excluding hydrogens is 240 g/mol. The molecule has 1 fully saturated rings. The highest BCUT2D eigenvalue weighted by molar-refractivity contribution is 6.29. The Labute approximate surface area is 105 Å². The predicted octanol–water partition coefficient (Wildman–Crippen LogP) is 3.03. The summed E-state index contributed by atoms with van der Waals surface area (Å²) in [5, 5.41) is 12.4. The summed E-state index contributed by atoms with van der Waals surface area (Å²) in [6.45, 7) is 2.19. The number of nitrogens with zero attached hydrogens (tertiary/aromatic N) is 1. The molecule has 2 rings (SSSR count). The van der Waals surface area contributed by atoms with Crippen molar-refractivity contribution in [2.45, 2.75) is 32.2 Å². The molecule has 1 aromatic heterocycles. The van der Waals surface area contributed by atoms with Crippen LogP contribution in [0.2, 0.25) is 5.15 Å². The lowest BCUT2D eigenvalue weighted by atomic mass is 10.1. The summed E-state index contributed by atoms with van der Waals surface area (Å²) < 4.78 is 0. The lowest BCUT2D eigenvalue weighted by Crippen LogP contribution is -2.22. The molecule has 5 heteroatoms. The average Bonchev–Trinajstić information content (AvgIpc) is 2.63. The molecule has 1 heterocycles. The van der Waals surface area contributed by atoms with Crippen LogP contribution in [0.15, 0.2) is 12.1 Å². The van der Waals surface area contributed by atoms with Crippen molar-refractivity contribution in [3.8, 4) is 0 Å². The Morgan fingerprint density at radius 3 is 2.88 bits per heavy atom. The Morgan fingerprint density at radius 1 is 1.53 bits per heavy atom. The van der Waals surface area contributed by atoms with E-state index in [-0.39, 0.29) is 10.7 Å². The average molecular weight is 255 g/mol. The first-order chi connectivity index (χ1) is 8.06. The van der Waals surface area contributed by atoms with Crippen molar-refractivity contribution < 1.29 is 9.90 Å². The summed E-state index contributed by atoms with van der Waals surface area (Å²) in [6, 6.07) is 3.24. The second-order valence-corrected chi connectivity index (χ2v) is 4.92. The van der Waals surface area contributed by atoms with Gasteiger partial charge in [-0.2, -0.15) is 0 Å². The van der Waals surface area contributed by atoms with Crippen molar-refractivity contribution in [2.24, 2.45) is 5.92 Å². The largest absolute Gasteiger partial charge is 0.478 e. The van der Waals surface area contributed by atoms with E-state index in [1.807, 2.05) is 0 Å². The molecule has 0 amide bonds. The summed E-state index contributed by atoms with van der Waals surface area (Å²) in [5.74, 6) is 0.148. The summed E-state index contributed by atoms with van der Waals surface area (Å²) in [7, 11) is 0. The molecular formula is C12H15ClN2O2. The molecule has 1 saturated carbocycles. The van der Waals surface area contributed by atoms with E-state index in [9.17, 15) is 4.79 Å². The van der Waals surface area contributed by atoms with Gasteiger partial charge in [-0.15, -0.1) is 0 Å². The highest BCUT2D eigenvalue weighted by Crippen LogP contribution is 2.28. The summed E-state index contributed by atoms with van der Waals surface area (Å²) in [6.07, 6.45) is 3.49. The number of rotatable bonds is 3. The quantitative estimate of drug-likeness (QED) is 0.814. The third-order valence-electron chi connectivity index (χ3n) is 3.24. The van der Waals surface area contributed by atoms with E-state index in [4.69, 9.17) is 16.7 Å². The van der Waals surface area contributed by atoms with Crippen LogP contribution in [0.5, 0.6) is 0 Å². The fourth-order valence-electron chi connectivity index (χ4n) is 2.24. The molecule has 2 N–H and O–H groups in total. The smallest absolute Gasteiger partial charge is 0.335 e. The van der Waals surface area contributed by atoms with E-state index in [1.54, 1.807) is 0 Å². The van der Waals surface area contributed by atoms with Crippen LogP contribution in [0, 0.1) is 5.92 Å². The number of nitrogens with one attached hydrogen (secondary N) is 1. The van der Waals surface area contributed by atoms with Crippen molar-refractivity contribution in [2.75, 3.05) is 5.32 Å². The molecule has 2 unspecified atom stereocenters. The minimum Gasteiger partial charge on any atom is -0.478 e. The predicted molar refractivity (Wildman–Crippen MR) is 66.6 cm³/mol. The zero-order chi connectivity index (χ0) is 12.4. The summed E-state index contributed by atoms with van der Waals surface area (Å²) >= 11 is 5.80. The maximum Gasteiger partial charge on any atom is 0.335 e. The molecule has 4 nitrogen and oxygen atoms in total. The van der Waals surface area contributed by atoms with Crippen molar-refractivity contribution in [1.82, 2.24) is 4.98 Å². The Kier molecular flexibility index (Phi) is 3.52. The van der Waals surface area contributed by atoms with Gasteiger partial charge in [-0.05, 0) is 30.9 Å². The third kappa shape index (κ3) is 2.88. The SMILES string of the molecule is CC1CCCC1Nc1cc(C(=O)O)cc(Cl)n1. The van der Waals surface area contributed by atoms with Crippen LogP contribution in [0.4, 0.5) is 5.82 Å². The van der Waals surface area contributed by atoms with Crippen molar-refractivity contribution in [3.63, 3.8) is 0 Å². The molecule has 1 aromatic rings. The van der Waals surface area contributed by atoms with E-state index < -0.39 is 5.97 Å². The highest BCUT2D eigenvalue weighted by atomic mass is 35.5. The van der Waals surface area contributed by atoms with Gasteiger partial charge in [-0.25, -0.2) is 9.78 Å². The number of hydrogen-bond donors (Lipinski definition) is 2. The second kappa shape index (κ2) is 4.92. The van der Waals surface area contributed by atoms with Gasteiger partial charge in [-0.3, -0.25) is 0 Å². The van der Waals surface area contributed by atoms with E-state index in [2.05, 4.69) is 17.2 Å². The number of carboxylic acid groups (broad SMARTS) is 1. The van der Waals surface area contributed by atoms with Crippen LogP contribution < -0.4 is 5.32 Å². The fourth-order valence-corrected chi connectivity index (χ4v) is 2.45. The lowest BCUT2D eigenvalue weighted by Gasteiger charge is -2.18. The Balaban J connectivity index is 2.17. The van der Waals surface area contributed by atoms with E-state index >= 15 is 0 Å². The second-order valence-electron chi connectivity index (χ2n) is 4.53. The van der Waals surface area contributed by atoms with Gasteiger partial charge < -0.3 is 10.4 Å². The fraction of sp³-hybridized carbons (Fsp3) is 0.500. The molecule has 0 aromatic carbocycles. The lowest BCUT2D eigenvalue weighted by molar-refractivity contribution is 0.0697. The van der Waals surface area contributed by atoms with E-state index in [0.29, 0.717) is 17.8 Å². The number of aromatic nitrogens is 1. The molecule has 1 aliphatic carbocycles. The molecule has 17 heavy (non-hydrogen) atoms. The number of carboxylic acids is 1. The minimum absolute atomic E-state index is 0.165. The zero-order valence-corrected chi connectivity index (χ0v) is 10.4. The van der Waals surface area contributed by atoms with Crippen LogP contribution >= 0.6 is 11.6 Å². The number of aromatic carboxylic acids is 1. The maximum atomic E-state index is 10.9. The van der Waals surface area contributed by atoms with Gasteiger partial charge in [0.1, 0.15) is 11.0 Å². The first-order valence-electron chi connectivity index (χ1n) is 5.73. The number of anilines is 1. The van der Waals surface area contributed by atoms with Crippen LogP contribution in [-0.4, -0.2) is 22.1 Å². The van der Waals surface area contributed by atoms with Gasteiger partial charge in [0.05, 0.1) is 5.56 Å². The Morgan fingerprint density at radius 2 is 2.29 bits per heavy atom. The Bertz CT molecular complexity index is 437. The molecule has 0 saturated heterocycles. The molecule has 92 valence electrons. The molecule has 0 radical (unpaired) electrons. The topological polar surface area (TPSA) is 62.2 Å². The summed E-state index contributed by atoms with van der Waals surface area (Å²) in [4.78, 5) is 15.0. The van der Waals surface area contributed by atoms with Crippen molar-refractivity contribution in [1.29, 1.82) is 0 Å². The minimum atomic E-state index is -0.989. The molecule has 0 spiro atoms. The number of carbonyl (C=O) groups is 1. The molecule has 0 bridgehead atoms. The standard InChI is InChI=1S/C12H15ClN2O2/c1-7-3-2-4-9(7)14-11-6-8(12(16)17)5-10(13)15-11/h5-7,9H,2-4H2,1H3,(H,14,15)(H,16,17). The van der Waals surface area contributed by atoms with Gasteiger partial charge in [0.2, 0.25) is 0 Å². The van der Waals surface area contributed by atoms with Gasteiger partial charge in [-0.1, -0.05) is 24.9 Å². The molecule has 0 aliphatic heterocycles.